The number of fused-ring (bicyclic) bond motifs is 3. The van der Waals surface area contributed by atoms with Crippen molar-refractivity contribution in [3.63, 3.8) is 0 Å². The summed E-state index contributed by atoms with van der Waals surface area (Å²) in [5, 5.41) is 12.8. The predicted molar refractivity (Wildman–Crippen MR) is 110 cm³/mol. The lowest BCUT2D eigenvalue weighted by atomic mass is 9.98. The summed E-state index contributed by atoms with van der Waals surface area (Å²) in [5.74, 6) is -3.00. The van der Waals surface area contributed by atoms with Gasteiger partial charge in [0.15, 0.2) is 0 Å². The summed E-state index contributed by atoms with van der Waals surface area (Å²) in [6, 6.07) is 12.9. The lowest BCUT2D eigenvalue weighted by Gasteiger charge is -2.24. The number of hydrogen-bond donors (Lipinski definition) is 3. The molecule has 0 aliphatic heterocycles. The van der Waals surface area contributed by atoms with Crippen LogP contribution < -0.4 is 10.6 Å². The van der Waals surface area contributed by atoms with Crippen LogP contribution >= 0.6 is 0 Å². The van der Waals surface area contributed by atoms with E-state index in [1.807, 2.05) is 48.5 Å². The molecule has 2 aliphatic carbocycles. The Labute approximate surface area is 186 Å². The maximum atomic E-state index is 13.1. The third kappa shape index (κ3) is 4.64. The SMILES string of the molecule is O=C(O)CC(NC(=O)C1(NC(=O)OCC2c3ccccc3-c3ccccc32)CC1)C(F)(F)F. The molecule has 174 valence electrons. The molecule has 1 unspecified atom stereocenters. The molecule has 1 saturated carbocycles. The Morgan fingerprint density at radius 1 is 1.03 bits per heavy atom. The quantitative estimate of drug-likeness (QED) is 0.584. The van der Waals surface area contributed by atoms with E-state index in [-0.39, 0.29) is 25.4 Å². The molecule has 2 amide bonds. The molecule has 0 spiro atoms. The van der Waals surface area contributed by atoms with E-state index < -0.39 is 42.1 Å². The van der Waals surface area contributed by atoms with E-state index in [4.69, 9.17) is 9.84 Å². The summed E-state index contributed by atoms with van der Waals surface area (Å²) in [4.78, 5) is 35.6. The van der Waals surface area contributed by atoms with Crippen molar-refractivity contribution >= 4 is 18.0 Å². The molecule has 0 aromatic heterocycles. The zero-order chi connectivity index (χ0) is 23.8. The topological polar surface area (TPSA) is 105 Å². The highest BCUT2D eigenvalue weighted by molar-refractivity contribution is 5.93. The van der Waals surface area contributed by atoms with Gasteiger partial charge in [0.05, 0.1) is 6.42 Å². The molecular formula is C23H21F3N2O5. The Hall–Kier alpha value is -3.56. The molecule has 0 bridgehead atoms. The van der Waals surface area contributed by atoms with Gasteiger partial charge in [0.2, 0.25) is 5.91 Å². The number of rotatable bonds is 7. The standard InChI is InChI=1S/C23H21F3N2O5/c24-23(25,26)18(11-19(29)30)27-20(31)22(9-10-22)28-21(32)33-12-17-15-7-3-1-5-13(15)14-6-2-4-8-16(14)17/h1-8,17-18H,9-12H2,(H,27,31)(H,28,32)(H,29,30). The lowest BCUT2D eigenvalue weighted by molar-refractivity contribution is -0.170. The van der Waals surface area contributed by atoms with Crippen molar-refractivity contribution in [1.82, 2.24) is 10.6 Å². The summed E-state index contributed by atoms with van der Waals surface area (Å²) in [5.41, 5.74) is 2.53. The Kier molecular flexibility index (Phi) is 5.77. The predicted octanol–water partition coefficient (Wildman–Crippen LogP) is 3.58. The Morgan fingerprint density at radius 3 is 2.06 bits per heavy atom. The number of amides is 2. The molecule has 2 aromatic rings. The average molecular weight is 462 g/mol. The summed E-state index contributed by atoms with van der Waals surface area (Å²) in [6.45, 7) is -0.0122. The fourth-order valence-electron chi connectivity index (χ4n) is 4.08. The second kappa shape index (κ2) is 8.42. The summed E-state index contributed by atoms with van der Waals surface area (Å²) >= 11 is 0. The Bertz CT molecular complexity index is 1050. The van der Waals surface area contributed by atoms with Crippen LogP contribution in [0.25, 0.3) is 11.1 Å². The van der Waals surface area contributed by atoms with Crippen LogP contribution in [0.1, 0.15) is 36.3 Å². The number of ether oxygens (including phenoxy) is 1. The van der Waals surface area contributed by atoms with Gasteiger partial charge in [-0.2, -0.15) is 13.2 Å². The number of alkyl carbamates (subject to hydrolysis) is 1. The fraction of sp³-hybridized carbons (Fsp3) is 0.348. The fourth-order valence-corrected chi connectivity index (χ4v) is 4.08. The van der Waals surface area contributed by atoms with Crippen molar-refractivity contribution in [1.29, 1.82) is 0 Å². The highest BCUT2D eigenvalue weighted by Crippen LogP contribution is 2.44. The minimum Gasteiger partial charge on any atom is -0.481 e. The molecule has 0 heterocycles. The summed E-state index contributed by atoms with van der Waals surface area (Å²) in [6.07, 6.45) is -6.92. The van der Waals surface area contributed by atoms with Crippen molar-refractivity contribution in [2.75, 3.05) is 6.61 Å². The van der Waals surface area contributed by atoms with E-state index >= 15 is 0 Å². The third-order valence-corrected chi connectivity index (χ3v) is 5.95. The number of alkyl halides is 3. The largest absolute Gasteiger partial charge is 0.481 e. The van der Waals surface area contributed by atoms with E-state index in [9.17, 15) is 27.6 Å². The van der Waals surface area contributed by atoms with Gasteiger partial charge in [-0.1, -0.05) is 48.5 Å². The molecule has 2 aliphatic rings. The molecule has 33 heavy (non-hydrogen) atoms. The Balaban J connectivity index is 1.39. The molecule has 3 N–H and O–H groups in total. The van der Waals surface area contributed by atoms with E-state index in [1.165, 1.54) is 0 Å². The number of carbonyl (C=O) groups is 3. The van der Waals surface area contributed by atoms with Crippen molar-refractivity contribution in [3.8, 4) is 11.1 Å². The molecule has 0 radical (unpaired) electrons. The van der Waals surface area contributed by atoms with Gasteiger partial charge in [-0.05, 0) is 35.1 Å². The maximum Gasteiger partial charge on any atom is 0.409 e. The first kappa shape index (κ1) is 22.6. The van der Waals surface area contributed by atoms with Gasteiger partial charge < -0.3 is 20.5 Å². The molecule has 0 saturated heterocycles. The number of aliphatic carboxylic acids is 1. The average Bonchev–Trinajstić information content (AvgIpc) is 3.46. The van der Waals surface area contributed by atoms with Crippen LogP contribution in [0.15, 0.2) is 48.5 Å². The third-order valence-electron chi connectivity index (χ3n) is 5.95. The first-order valence-electron chi connectivity index (χ1n) is 10.3. The first-order chi connectivity index (χ1) is 15.6. The van der Waals surface area contributed by atoms with Crippen LogP contribution in [-0.2, 0) is 14.3 Å². The monoisotopic (exact) mass is 462 g/mol. The second-order valence-electron chi connectivity index (χ2n) is 8.20. The van der Waals surface area contributed by atoms with E-state index in [0.29, 0.717) is 0 Å². The van der Waals surface area contributed by atoms with Gasteiger partial charge in [-0.3, -0.25) is 9.59 Å². The number of benzene rings is 2. The Morgan fingerprint density at radius 2 is 1.58 bits per heavy atom. The molecule has 7 nitrogen and oxygen atoms in total. The molecular weight excluding hydrogens is 441 g/mol. The number of nitrogens with one attached hydrogen (secondary N) is 2. The van der Waals surface area contributed by atoms with Gasteiger partial charge in [0.25, 0.3) is 0 Å². The van der Waals surface area contributed by atoms with Gasteiger partial charge in [0, 0.05) is 5.92 Å². The number of carboxylic acid groups (broad SMARTS) is 1. The lowest BCUT2D eigenvalue weighted by Crippen LogP contribution is -2.55. The second-order valence-corrected chi connectivity index (χ2v) is 8.20. The van der Waals surface area contributed by atoms with Crippen molar-refractivity contribution in [2.45, 2.75) is 42.9 Å². The highest BCUT2D eigenvalue weighted by Gasteiger charge is 2.54. The maximum absolute atomic E-state index is 13.1. The molecule has 10 heteroatoms. The van der Waals surface area contributed by atoms with E-state index in [1.54, 1.807) is 5.32 Å². The highest BCUT2D eigenvalue weighted by atomic mass is 19.4. The number of carboxylic acids is 1. The van der Waals surface area contributed by atoms with Gasteiger partial charge in [-0.15, -0.1) is 0 Å². The van der Waals surface area contributed by atoms with Crippen LogP contribution in [0.4, 0.5) is 18.0 Å². The van der Waals surface area contributed by atoms with Crippen LogP contribution in [-0.4, -0.2) is 47.4 Å². The van der Waals surface area contributed by atoms with Gasteiger partial charge in [-0.25, -0.2) is 4.79 Å². The van der Waals surface area contributed by atoms with Crippen LogP contribution in [0, 0.1) is 0 Å². The number of halogens is 3. The normalized spacial score (nSPS) is 16.8. The van der Waals surface area contributed by atoms with Crippen LogP contribution in [0.2, 0.25) is 0 Å². The minimum absolute atomic E-state index is 0.0122. The summed E-state index contributed by atoms with van der Waals surface area (Å²) in [7, 11) is 0. The molecule has 4 rings (SSSR count). The van der Waals surface area contributed by atoms with Crippen molar-refractivity contribution < 1.29 is 37.4 Å². The zero-order valence-electron chi connectivity index (χ0n) is 17.3. The van der Waals surface area contributed by atoms with Gasteiger partial charge >= 0.3 is 18.2 Å². The number of carbonyl (C=O) groups excluding carboxylic acids is 2. The van der Waals surface area contributed by atoms with E-state index in [0.717, 1.165) is 22.3 Å². The molecule has 1 fully saturated rings. The summed E-state index contributed by atoms with van der Waals surface area (Å²) < 4.78 is 44.5. The van der Waals surface area contributed by atoms with Crippen molar-refractivity contribution in [2.24, 2.45) is 0 Å². The minimum atomic E-state index is -4.94. The van der Waals surface area contributed by atoms with Crippen LogP contribution in [0.5, 0.6) is 0 Å². The number of hydrogen-bond acceptors (Lipinski definition) is 4. The first-order valence-corrected chi connectivity index (χ1v) is 10.3. The molecule has 1 atom stereocenters. The van der Waals surface area contributed by atoms with Crippen molar-refractivity contribution in [3.05, 3.63) is 59.7 Å². The zero-order valence-corrected chi connectivity index (χ0v) is 17.3. The van der Waals surface area contributed by atoms with Gasteiger partial charge in [0.1, 0.15) is 18.2 Å². The molecule has 2 aromatic carbocycles. The van der Waals surface area contributed by atoms with E-state index in [2.05, 4.69) is 5.32 Å². The van der Waals surface area contributed by atoms with Crippen LogP contribution in [0.3, 0.4) is 0 Å². The smallest absolute Gasteiger partial charge is 0.409 e.